The zero-order chi connectivity index (χ0) is 15.0. The normalized spacial score (nSPS) is 10.8. The van der Waals surface area contributed by atoms with Gasteiger partial charge in [-0.3, -0.25) is 4.79 Å². The van der Waals surface area contributed by atoms with Gasteiger partial charge in [0.05, 0.1) is 5.56 Å². The van der Waals surface area contributed by atoms with Gasteiger partial charge in [0.1, 0.15) is 5.75 Å². The van der Waals surface area contributed by atoms with Crippen molar-refractivity contribution in [2.24, 2.45) is 5.92 Å². The second-order valence-corrected chi connectivity index (χ2v) is 5.87. The minimum absolute atomic E-state index is 0.0550. The standard InChI is InChI=1S/C17H27NO2/c1-13(2)8-6-4-5-7-11-18-17(20)15-10-9-14(3)12-16(15)19/h9-10,12-13,19H,4-8,11H2,1-3H3,(H,18,20). The molecule has 2 N–H and O–H groups in total. The molecule has 3 heteroatoms. The Hall–Kier alpha value is -1.51. The van der Waals surface area contributed by atoms with Crippen molar-refractivity contribution in [2.45, 2.75) is 52.9 Å². The van der Waals surface area contributed by atoms with Gasteiger partial charge in [0.15, 0.2) is 0 Å². The lowest BCUT2D eigenvalue weighted by atomic mass is 10.0. The van der Waals surface area contributed by atoms with Gasteiger partial charge in [0, 0.05) is 6.54 Å². The van der Waals surface area contributed by atoms with E-state index in [9.17, 15) is 9.90 Å². The highest BCUT2D eigenvalue weighted by molar-refractivity contribution is 5.96. The number of unbranched alkanes of at least 4 members (excludes halogenated alkanes) is 3. The molecule has 1 amide bonds. The van der Waals surface area contributed by atoms with Crippen LogP contribution in [0.5, 0.6) is 5.75 Å². The van der Waals surface area contributed by atoms with Crippen molar-refractivity contribution in [3.63, 3.8) is 0 Å². The highest BCUT2D eigenvalue weighted by atomic mass is 16.3. The van der Waals surface area contributed by atoms with E-state index in [2.05, 4.69) is 19.2 Å². The number of aromatic hydroxyl groups is 1. The maximum atomic E-state index is 11.9. The third kappa shape index (κ3) is 6.09. The van der Waals surface area contributed by atoms with E-state index in [4.69, 9.17) is 0 Å². The molecule has 1 rings (SSSR count). The molecule has 0 unspecified atom stereocenters. The van der Waals surface area contributed by atoms with E-state index in [0.29, 0.717) is 12.1 Å². The molecule has 20 heavy (non-hydrogen) atoms. The van der Waals surface area contributed by atoms with E-state index in [1.807, 2.05) is 13.0 Å². The van der Waals surface area contributed by atoms with Crippen LogP contribution in [0.3, 0.4) is 0 Å². The molecule has 112 valence electrons. The van der Waals surface area contributed by atoms with Gasteiger partial charge in [-0.1, -0.05) is 45.6 Å². The summed E-state index contributed by atoms with van der Waals surface area (Å²) in [6.45, 7) is 7.05. The van der Waals surface area contributed by atoms with Gasteiger partial charge in [0.2, 0.25) is 0 Å². The first-order chi connectivity index (χ1) is 9.50. The zero-order valence-corrected chi connectivity index (χ0v) is 12.9. The number of carbonyl (C=O) groups excluding carboxylic acids is 1. The van der Waals surface area contributed by atoms with Crippen LogP contribution in [0.2, 0.25) is 0 Å². The predicted octanol–water partition coefficient (Wildman–Crippen LogP) is 4.04. The number of hydrogen-bond donors (Lipinski definition) is 2. The fraction of sp³-hybridized carbons (Fsp3) is 0.588. The summed E-state index contributed by atoms with van der Waals surface area (Å²) in [5.74, 6) is 0.642. The molecule has 0 saturated carbocycles. The maximum Gasteiger partial charge on any atom is 0.255 e. The summed E-state index contributed by atoms with van der Waals surface area (Å²) in [7, 11) is 0. The van der Waals surface area contributed by atoms with Crippen LogP contribution in [-0.4, -0.2) is 17.6 Å². The Morgan fingerprint density at radius 2 is 1.90 bits per heavy atom. The minimum Gasteiger partial charge on any atom is -0.507 e. The van der Waals surface area contributed by atoms with Crippen molar-refractivity contribution in [1.29, 1.82) is 0 Å². The summed E-state index contributed by atoms with van der Waals surface area (Å²) in [5, 5.41) is 12.6. The van der Waals surface area contributed by atoms with Crippen LogP contribution >= 0.6 is 0 Å². The third-order valence-electron chi connectivity index (χ3n) is 3.39. The van der Waals surface area contributed by atoms with E-state index in [1.54, 1.807) is 12.1 Å². The summed E-state index contributed by atoms with van der Waals surface area (Å²) in [4.78, 5) is 11.9. The van der Waals surface area contributed by atoms with Crippen LogP contribution in [-0.2, 0) is 0 Å². The number of rotatable bonds is 8. The lowest BCUT2D eigenvalue weighted by Gasteiger charge is -2.08. The van der Waals surface area contributed by atoms with Crippen LogP contribution in [0.15, 0.2) is 18.2 Å². The number of benzene rings is 1. The third-order valence-corrected chi connectivity index (χ3v) is 3.39. The first-order valence-electron chi connectivity index (χ1n) is 7.58. The van der Waals surface area contributed by atoms with Gasteiger partial charge in [0.25, 0.3) is 5.91 Å². The Morgan fingerprint density at radius 3 is 2.55 bits per heavy atom. The van der Waals surface area contributed by atoms with E-state index in [0.717, 1.165) is 24.3 Å². The minimum atomic E-state index is -0.190. The van der Waals surface area contributed by atoms with E-state index >= 15 is 0 Å². The molecular formula is C17H27NO2. The molecule has 0 aliphatic rings. The van der Waals surface area contributed by atoms with Crippen molar-refractivity contribution >= 4 is 5.91 Å². The number of amides is 1. The predicted molar refractivity (Wildman–Crippen MR) is 83.1 cm³/mol. The van der Waals surface area contributed by atoms with Gasteiger partial charge < -0.3 is 10.4 Å². The molecule has 0 heterocycles. The average Bonchev–Trinajstić information content (AvgIpc) is 2.37. The largest absolute Gasteiger partial charge is 0.507 e. The van der Waals surface area contributed by atoms with Gasteiger partial charge >= 0.3 is 0 Å². The lowest BCUT2D eigenvalue weighted by molar-refractivity contribution is 0.0950. The Morgan fingerprint density at radius 1 is 1.20 bits per heavy atom. The summed E-state index contributed by atoms with van der Waals surface area (Å²) in [6, 6.07) is 5.12. The molecule has 3 nitrogen and oxygen atoms in total. The molecule has 1 aromatic rings. The SMILES string of the molecule is Cc1ccc(C(=O)NCCCCCCC(C)C)c(O)c1. The number of hydrogen-bond acceptors (Lipinski definition) is 2. The van der Waals surface area contributed by atoms with Crippen LogP contribution < -0.4 is 5.32 Å². The Balaban J connectivity index is 2.20. The summed E-state index contributed by atoms with van der Waals surface area (Å²) < 4.78 is 0. The molecular weight excluding hydrogens is 250 g/mol. The van der Waals surface area contributed by atoms with E-state index in [1.165, 1.54) is 19.3 Å². The first kappa shape index (κ1) is 16.5. The van der Waals surface area contributed by atoms with Crippen LogP contribution in [0.4, 0.5) is 0 Å². The quantitative estimate of drug-likeness (QED) is 0.705. The van der Waals surface area contributed by atoms with Gasteiger partial charge in [-0.25, -0.2) is 0 Å². The smallest absolute Gasteiger partial charge is 0.255 e. The molecule has 0 spiro atoms. The Labute approximate surface area is 122 Å². The van der Waals surface area contributed by atoms with E-state index in [-0.39, 0.29) is 11.7 Å². The van der Waals surface area contributed by atoms with Crippen LogP contribution in [0.25, 0.3) is 0 Å². The summed E-state index contributed by atoms with van der Waals surface area (Å²) in [5.41, 5.74) is 1.31. The Bertz CT molecular complexity index is 427. The lowest BCUT2D eigenvalue weighted by Crippen LogP contribution is -2.24. The van der Waals surface area contributed by atoms with E-state index < -0.39 is 0 Å². The molecule has 1 aromatic carbocycles. The second kappa shape index (κ2) is 8.62. The molecule has 0 aliphatic carbocycles. The number of nitrogens with one attached hydrogen (secondary N) is 1. The van der Waals surface area contributed by atoms with Crippen molar-refractivity contribution in [3.05, 3.63) is 29.3 Å². The molecule has 0 bridgehead atoms. The highest BCUT2D eigenvalue weighted by Crippen LogP contribution is 2.18. The first-order valence-corrected chi connectivity index (χ1v) is 7.58. The van der Waals surface area contributed by atoms with Crippen molar-refractivity contribution < 1.29 is 9.90 Å². The summed E-state index contributed by atoms with van der Waals surface area (Å²) in [6.07, 6.45) is 5.92. The average molecular weight is 277 g/mol. The highest BCUT2D eigenvalue weighted by Gasteiger charge is 2.09. The van der Waals surface area contributed by atoms with Crippen molar-refractivity contribution in [1.82, 2.24) is 5.32 Å². The molecule has 0 aromatic heterocycles. The maximum absolute atomic E-state index is 11.9. The van der Waals surface area contributed by atoms with Crippen molar-refractivity contribution in [2.75, 3.05) is 6.54 Å². The van der Waals surface area contributed by atoms with Gasteiger partial charge in [-0.2, -0.15) is 0 Å². The fourth-order valence-electron chi connectivity index (χ4n) is 2.16. The van der Waals surface area contributed by atoms with Gasteiger partial charge in [-0.05, 0) is 37.0 Å². The van der Waals surface area contributed by atoms with Crippen molar-refractivity contribution in [3.8, 4) is 5.75 Å². The number of phenolic OH excluding ortho intramolecular Hbond substituents is 1. The topological polar surface area (TPSA) is 49.3 Å². The monoisotopic (exact) mass is 277 g/mol. The number of aryl methyl sites for hydroxylation is 1. The molecule has 0 saturated heterocycles. The Kier molecular flexibility index (Phi) is 7.13. The van der Waals surface area contributed by atoms with Gasteiger partial charge in [-0.15, -0.1) is 0 Å². The van der Waals surface area contributed by atoms with Crippen LogP contribution in [0.1, 0.15) is 61.9 Å². The molecule has 0 radical (unpaired) electrons. The van der Waals surface area contributed by atoms with Crippen LogP contribution in [0, 0.1) is 12.8 Å². The molecule has 0 aliphatic heterocycles. The molecule has 0 atom stereocenters. The number of phenols is 1. The number of carbonyl (C=O) groups is 1. The second-order valence-electron chi connectivity index (χ2n) is 5.87. The molecule has 0 fully saturated rings. The fourth-order valence-corrected chi connectivity index (χ4v) is 2.16. The summed E-state index contributed by atoms with van der Waals surface area (Å²) >= 11 is 0. The zero-order valence-electron chi connectivity index (χ0n) is 12.9.